The molecule has 11 heteroatoms. The van der Waals surface area contributed by atoms with Gasteiger partial charge in [0, 0.05) is 60.1 Å². The maximum Gasteiger partial charge on any atom is 0.264 e. The molecular weight excluding hydrogens is 541 g/mol. The molecule has 2 atom stereocenters. The Balaban J connectivity index is 1.28. The van der Waals surface area contributed by atoms with Gasteiger partial charge in [-0.05, 0) is 62.4 Å². The van der Waals surface area contributed by atoms with Crippen LogP contribution < -0.4 is 4.72 Å². The topological polar surface area (TPSA) is 82.6 Å². The van der Waals surface area contributed by atoms with E-state index in [1.807, 2.05) is 13.8 Å². The number of sulfonamides is 1. The molecule has 2 unspecified atom stereocenters. The number of pyridine rings is 1. The number of para-hydroxylation sites is 1. The molecule has 5 rings (SSSR count). The van der Waals surface area contributed by atoms with Crippen LogP contribution in [0.15, 0.2) is 77.8 Å². The van der Waals surface area contributed by atoms with Gasteiger partial charge >= 0.3 is 0 Å². The van der Waals surface area contributed by atoms with Crippen LogP contribution in [-0.4, -0.2) is 54.3 Å². The Morgan fingerprint density at radius 2 is 1.57 bits per heavy atom. The fourth-order valence-electron chi connectivity index (χ4n) is 5.23. The van der Waals surface area contributed by atoms with Gasteiger partial charge in [0.2, 0.25) is 0 Å². The van der Waals surface area contributed by atoms with Gasteiger partial charge in [0.05, 0.1) is 5.52 Å². The van der Waals surface area contributed by atoms with Crippen molar-refractivity contribution in [3.05, 3.63) is 102 Å². The van der Waals surface area contributed by atoms with Crippen LogP contribution in [0.5, 0.6) is 0 Å². The Morgan fingerprint density at radius 1 is 0.925 bits per heavy atom. The second kappa shape index (κ2) is 10.9. The molecule has 3 aromatic carbocycles. The van der Waals surface area contributed by atoms with Gasteiger partial charge in [-0.15, -0.1) is 0 Å². The Hall–Kier alpha value is -3.96. The summed E-state index contributed by atoms with van der Waals surface area (Å²) in [6.45, 7) is 4.22. The van der Waals surface area contributed by atoms with Gasteiger partial charge in [0.25, 0.3) is 15.9 Å². The number of hydrogen-bond acceptors (Lipinski definition) is 5. The van der Waals surface area contributed by atoms with Gasteiger partial charge in [0.1, 0.15) is 10.7 Å². The van der Waals surface area contributed by atoms with Crippen LogP contribution in [-0.2, 0) is 16.6 Å². The minimum absolute atomic E-state index is 0.0456. The second-order valence-electron chi connectivity index (χ2n) is 9.94. The van der Waals surface area contributed by atoms with Crippen molar-refractivity contribution >= 4 is 32.5 Å². The van der Waals surface area contributed by atoms with Gasteiger partial charge in [-0.25, -0.2) is 21.6 Å². The minimum Gasteiger partial charge on any atom is -0.331 e. The number of carbonyl (C=O) groups is 1. The summed E-state index contributed by atoms with van der Waals surface area (Å²) < 4.78 is 70.7. The lowest BCUT2D eigenvalue weighted by Gasteiger charge is -2.44. The van der Waals surface area contributed by atoms with Gasteiger partial charge in [-0.3, -0.25) is 19.4 Å². The first-order chi connectivity index (χ1) is 19.0. The Labute approximate surface area is 230 Å². The van der Waals surface area contributed by atoms with Crippen molar-refractivity contribution in [2.45, 2.75) is 37.4 Å². The van der Waals surface area contributed by atoms with Crippen molar-refractivity contribution in [1.29, 1.82) is 0 Å². The van der Waals surface area contributed by atoms with Gasteiger partial charge in [0.15, 0.2) is 11.6 Å². The third-order valence-corrected chi connectivity index (χ3v) is 8.43. The maximum atomic E-state index is 14.2. The molecular formula is C29H27F3N4O3S. The monoisotopic (exact) mass is 568 g/mol. The van der Waals surface area contributed by atoms with Gasteiger partial charge in [-0.1, -0.05) is 18.2 Å². The number of amides is 1. The number of rotatable bonds is 6. The van der Waals surface area contributed by atoms with Gasteiger partial charge < -0.3 is 4.90 Å². The van der Waals surface area contributed by atoms with E-state index >= 15 is 0 Å². The molecule has 0 aliphatic carbocycles. The molecule has 1 N–H and O–H groups in total. The number of nitrogens with zero attached hydrogens (tertiary/aromatic N) is 3. The number of anilines is 1. The summed E-state index contributed by atoms with van der Waals surface area (Å²) in [7, 11) is -3.94. The third-order valence-electron chi connectivity index (χ3n) is 7.02. The van der Waals surface area contributed by atoms with Gasteiger partial charge in [-0.2, -0.15) is 0 Å². The Kier molecular flexibility index (Phi) is 7.52. The molecule has 208 valence electrons. The lowest BCUT2D eigenvalue weighted by molar-refractivity contribution is 0.0262. The number of benzene rings is 3. The van der Waals surface area contributed by atoms with E-state index in [2.05, 4.69) is 9.71 Å². The summed E-state index contributed by atoms with van der Waals surface area (Å²) in [5, 5.41) is 0.695. The average molecular weight is 569 g/mol. The molecule has 1 amide bonds. The number of aromatic nitrogens is 1. The zero-order chi connectivity index (χ0) is 28.6. The Morgan fingerprint density at radius 3 is 2.27 bits per heavy atom. The van der Waals surface area contributed by atoms with E-state index in [1.165, 1.54) is 24.4 Å². The van der Waals surface area contributed by atoms with Crippen LogP contribution in [0.1, 0.15) is 29.8 Å². The maximum absolute atomic E-state index is 14.2. The highest BCUT2D eigenvalue weighted by molar-refractivity contribution is 7.93. The molecule has 0 radical (unpaired) electrons. The highest BCUT2D eigenvalue weighted by atomic mass is 32.2. The molecule has 1 aliphatic rings. The number of carbonyl (C=O) groups excluding carboxylic acids is 1. The van der Waals surface area contributed by atoms with Crippen molar-refractivity contribution in [1.82, 2.24) is 14.8 Å². The highest BCUT2D eigenvalue weighted by Crippen LogP contribution is 2.26. The zero-order valence-corrected chi connectivity index (χ0v) is 22.6. The summed E-state index contributed by atoms with van der Waals surface area (Å²) in [5.74, 6) is -3.38. The number of halogens is 3. The fourth-order valence-corrected chi connectivity index (χ4v) is 6.47. The number of hydrogen-bond donors (Lipinski definition) is 1. The fraction of sp³-hybridized carbons (Fsp3) is 0.241. The Bertz CT molecular complexity index is 1670. The quantitative estimate of drug-likeness (QED) is 0.324. The molecule has 4 aromatic rings. The lowest BCUT2D eigenvalue weighted by atomic mass is 10.0. The first-order valence-electron chi connectivity index (χ1n) is 12.7. The third kappa shape index (κ3) is 5.39. The van der Waals surface area contributed by atoms with E-state index < -0.39 is 27.5 Å². The standard InChI is InChI=1S/C29H27F3N4O3S/c1-18-15-35(17-23-24(30)12-13-25(31)27(23)32)16-19(2)36(18)29(37)21-8-10-22(11-9-21)34-40(38,39)26-7-3-5-20-6-4-14-33-28(20)26/h3-14,18-19,34H,15-17H2,1-2H3. The van der Waals surface area contributed by atoms with Crippen molar-refractivity contribution in [3.8, 4) is 0 Å². The van der Waals surface area contributed by atoms with E-state index in [-0.39, 0.29) is 40.7 Å². The van der Waals surface area contributed by atoms with Crippen LogP contribution in [0, 0.1) is 17.5 Å². The molecule has 2 heterocycles. The lowest BCUT2D eigenvalue weighted by Crippen LogP contribution is -2.58. The zero-order valence-electron chi connectivity index (χ0n) is 21.8. The summed E-state index contributed by atoms with van der Waals surface area (Å²) in [5.41, 5.74) is 0.671. The SMILES string of the molecule is CC1CN(Cc2c(F)ccc(F)c2F)CC(C)N1C(=O)c1ccc(NS(=O)(=O)c2cccc3cccnc23)cc1. The van der Waals surface area contributed by atoms with Crippen molar-refractivity contribution < 1.29 is 26.4 Å². The molecule has 40 heavy (non-hydrogen) atoms. The first-order valence-corrected chi connectivity index (χ1v) is 14.2. The van der Waals surface area contributed by atoms with Crippen LogP contribution >= 0.6 is 0 Å². The average Bonchev–Trinajstić information content (AvgIpc) is 2.92. The summed E-state index contributed by atoms with van der Waals surface area (Å²) in [6.07, 6.45) is 1.53. The molecule has 1 fully saturated rings. The molecule has 0 saturated carbocycles. The largest absolute Gasteiger partial charge is 0.331 e. The van der Waals surface area contributed by atoms with Crippen molar-refractivity contribution in [3.63, 3.8) is 0 Å². The summed E-state index contributed by atoms with van der Waals surface area (Å²) >= 11 is 0. The minimum atomic E-state index is -3.94. The van der Waals surface area contributed by atoms with Crippen LogP contribution in [0.4, 0.5) is 18.9 Å². The van der Waals surface area contributed by atoms with Crippen LogP contribution in [0.25, 0.3) is 10.9 Å². The predicted octanol–water partition coefficient (Wildman–Crippen LogP) is 5.19. The normalized spacial score (nSPS) is 18.2. The van der Waals surface area contributed by atoms with E-state index in [0.717, 1.165) is 12.1 Å². The highest BCUT2D eigenvalue weighted by Gasteiger charge is 2.34. The first kappa shape index (κ1) is 27.6. The number of nitrogens with one attached hydrogen (secondary N) is 1. The van der Waals surface area contributed by atoms with Crippen LogP contribution in [0.3, 0.4) is 0 Å². The molecule has 1 aromatic heterocycles. The molecule has 0 spiro atoms. The van der Waals surface area contributed by atoms with Crippen molar-refractivity contribution in [2.24, 2.45) is 0 Å². The summed E-state index contributed by atoms with van der Waals surface area (Å²) in [4.78, 5) is 21.1. The summed E-state index contributed by atoms with van der Waals surface area (Å²) in [6, 6.07) is 15.6. The van der Waals surface area contributed by atoms with E-state index in [4.69, 9.17) is 0 Å². The number of fused-ring (bicyclic) bond motifs is 1. The van der Waals surface area contributed by atoms with E-state index in [1.54, 1.807) is 46.2 Å². The predicted molar refractivity (Wildman–Crippen MR) is 146 cm³/mol. The molecule has 0 bridgehead atoms. The van der Waals surface area contributed by atoms with Crippen LogP contribution in [0.2, 0.25) is 0 Å². The smallest absolute Gasteiger partial charge is 0.264 e. The van der Waals surface area contributed by atoms with E-state index in [0.29, 0.717) is 29.6 Å². The number of piperazine rings is 1. The van der Waals surface area contributed by atoms with E-state index in [9.17, 15) is 26.4 Å². The second-order valence-corrected chi connectivity index (χ2v) is 11.6. The molecule has 1 aliphatic heterocycles. The molecule has 1 saturated heterocycles. The van der Waals surface area contributed by atoms with Crippen molar-refractivity contribution in [2.75, 3.05) is 17.8 Å². The molecule has 7 nitrogen and oxygen atoms in total.